The van der Waals surface area contributed by atoms with Crippen LogP contribution in [0.4, 0.5) is 0 Å². The van der Waals surface area contributed by atoms with Crippen LogP contribution in [0.1, 0.15) is 22.8 Å². The number of ether oxygens (including phenoxy) is 1. The predicted octanol–water partition coefficient (Wildman–Crippen LogP) is 2.47. The number of fused-ring (bicyclic) bond motifs is 2. The van der Waals surface area contributed by atoms with Crippen LogP contribution in [0.5, 0.6) is 5.75 Å². The summed E-state index contributed by atoms with van der Waals surface area (Å²) >= 11 is 6.11. The molecule has 0 bridgehead atoms. The fraction of sp³-hybridized carbons (Fsp3) is 0.400. The van der Waals surface area contributed by atoms with E-state index in [-0.39, 0.29) is 55.0 Å². The van der Waals surface area contributed by atoms with Gasteiger partial charge in [0.25, 0.3) is 5.91 Å². The van der Waals surface area contributed by atoms with E-state index in [0.717, 1.165) is 16.5 Å². The molecule has 2 aliphatic rings. The second-order valence-electron chi connectivity index (χ2n) is 10.6. The number of halogens is 1. The summed E-state index contributed by atoms with van der Waals surface area (Å²) in [5.41, 5.74) is 2.22. The summed E-state index contributed by atoms with van der Waals surface area (Å²) < 4.78 is 5.56. The van der Waals surface area contributed by atoms with Gasteiger partial charge in [0.05, 0.1) is 25.5 Å². The first-order valence-electron chi connectivity index (χ1n) is 13.8. The quantitative estimate of drug-likeness (QED) is 0.378. The van der Waals surface area contributed by atoms with Crippen molar-refractivity contribution in [2.75, 3.05) is 46.4 Å². The van der Waals surface area contributed by atoms with E-state index in [1.807, 2.05) is 31.3 Å². The van der Waals surface area contributed by atoms with Crippen molar-refractivity contribution in [1.82, 2.24) is 25.4 Å². The number of aromatic nitrogens is 1. The Morgan fingerprint density at radius 3 is 2.63 bits per heavy atom. The van der Waals surface area contributed by atoms with Crippen molar-refractivity contribution in [1.29, 1.82) is 0 Å². The van der Waals surface area contributed by atoms with Gasteiger partial charge in [0.1, 0.15) is 5.75 Å². The van der Waals surface area contributed by atoms with Crippen molar-refractivity contribution < 1.29 is 23.9 Å². The number of hydrogen-bond donors (Lipinski definition) is 3. The Kier molecular flexibility index (Phi) is 8.49. The molecule has 10 nitrogen and oxygen atoms in total. The number of amides is 4. The number of hydrogen-bond acceptors (Lipinski definition) is 5. The second-order valence-corrected chi connectivity index (χ2v) is 11.0. The zero-order chi connectivity index (χ0) is 29.1. The summed E-state index contributed by atoms with van der Waals surface area (Å²) in [5, 5.41) is 6.75. The Hall–Kier alpha value is -4.05. The highest BCUT2D eigenvalue weighted by Crippen LogP contribution is 2.37. The minimum atomic E-state index is -0.559. The number of likely N-dealkylation sites (N-methyl/N-ethyl adjacent to an activating group) is 1. The van der Waals surface area contributed by atoms with Gasteiger partial charge in [-0.3, -0.25) is 19.2 Å². The predicted molar refractivity (Wildman–Crippen MR) is 155 cm³/mol. The zero-order valence-electron chi connectivity index (χ0n) is 23.1. The van der Waals surface area contributed by atoms with Crippen LogP contribution in [-0.2, 0) is 20.8 Å². The zero-order valence-corrected chi connectivity index (χ0v) is 23.9. The molecule has 1 aromatic heterocycles. The monoisotopic (exact) mass is 579 g/mol. The van der Waals surface area contributed by atoms with Gasteiger partial charge in [-0.15, -0.1) is 0 Å². The van der Waals surface area contributed by atoms with Crippen LogP contribution in [0.2, 0.25) is 5.02 Å². The van der Waals surface area contributed by atoms with E-state index in [1.165, 1.54) is 7.05 Å². The minimum absolute atomic E-state index is 0.0794. The molecule has 11 heteroatoms. The molecule has 3 aromatic rings. The van der Waals surface area contributed by atoms with E-state index >= 15 is 0 Å². The number of carbonyl (C=O) groups excluding carboxylic acids is 4. The lowest BCUT2D eigenvalue weighted by molar-refractivity contribution is -0.139. The van der Waals surface area contributed by atoms with Gasteiger partial charge in [0.15, 0.2) is 0 Å². The lowest BCUT2D eigenvalue weighted by Gasteiger charge is -2.39. The summed E-state index contributed by atoms with van der Waals surface area (Å²) in [7, 11) is 1.51. The number of piperidine rings is 1. The summed E-state index contributed by atoms with van der Waals surface area (Å²) in [6.07, 6.45) is 1.98. The standard InChI is InChI=1S/C30H34ClN5O5/c1-3-41-22-6-4-5-18(9-22)30(40)36-15-20-14-35(17-25(24(20)16-36)29(39)34-13-27(37)32-2)28(38)10-19-12-33-26-11-21(31)7-8-23(19)26/h4-9,11-12,20,24-25,33H,3,10,13-17H2,1-2H3,(H,32,37)(H,34,39). The molecule has 2 aliphatic heterocycles. The maximum atomic E-state index is 13.6. The first-order chi connectivity index (χ1) is 19.8. The van der Waals surface area contributed by atoms with Crippen molar-refractivity contribution in [3.05, 3.63) is 64.8 Å². The lowest BCUT2D eigenvalue weighted by Crippen LogP contribution is -2.54. The largest absolute Gasteiger partial charge is 0.494 e. The fourth-order valence-corrected chi connectivity index (χ4v) is 6.13. The SMILES string of the molecule is CCOc1cccc(C(=O)N2CC3CN(C(=O)Cc4c[nH]c5cc(Cl)ccc45)CC(C(=O)NCC(=O)NC)C3C2)c1. The van der Waals surface area contributed by atoms with Gasteiger partial charge in [-0.05, 0) is 54.7 Å². The van der Waals surface area contributed by atoms with Gasteiger partial charge >= 0.3 is 0 Å². The molecule has 3 unspecified atom stereocenters. The Morgan fingerprint density at radius 1 is 1.05 bits per heavy atom. The molecular weight excluding hydrogens is 546 g/mol. The average molecular weight is 580 g/mol. The number of H-pyrrole nitrogens is 1. The van der Waals surface area contributed by atoms with Crippen LogP contribution in [0, 0.1) is 17.8 Å². The lowest BCUT2D eigenvalue weighted by atomic mass is 9.79. The smallest absolute Gasteiger partial charge is 0.254 e. The maximum Gasteiger partial charge on any atom is 0.254 e. The van der Waals surface area contributed by atoms with E-state index < -0.39 is 5.92 Å². The normalized spacial score (nSPS) is 20.0. The molecule has 3 atom stereocenters. The van der Waals surface area contributed by atoms with E-state index in [0.29, 0.717) is 42.6 Å². The Labute approximate surface area is 243 Å². The van der Waals surface area contributed by atoms with Gasteiger partial charge in [-0.25, -0.2) is 0 Å². The van der Waals surface area contributed by atoms with Crippen molar-refractivity contribution in [3.63, 3.8) is 0 Å². The highest BCUT2D eigenvalue weighted by molar-refractivity contribution is 6.31. The number of carbonyl (C=O) groups is 4. The molecule has 3 heterocycles. The summed E-state index contributed by atoms with van der Waals surface area (Å²) in [6.45, 7) is 3.71. The van der Waals surface area contributed by atoms with E-state index in [2.05, 4.69) is 15.6 Å². The molecule has 0 radical (unpaired) electrons. The molecule has 2 fully saturated rings. The van der Waals surface area contributed by atoms with Gasteiger partial charge in [-0.1, -0.05) is 23.7 Å². The highest BCUT2D eigenvalue weighted by atomic mass is 35.5. The van der Waals surface area contributed by atoms with Gasteiger partial charge in [-0.2, -0.15) is 0 Å². The van der Waals surface area contributed by atoms with E-state index in [4.69, 9.17) is 16.3 Å². The van der Waals surface area contributed by atoms with Gasteiger partial charge in [0, 0.05) is 60.9 Å². The summed E-state index contributed by atoms with van der Waals surface area (Å²) in [5.74, 6) is -0.999. The van der Waals surface area contributed by atoms with E-state index in [9.17, 15) is 19.2 Å². The maximum absolute atomic E-state index is 13.6. The molecule has 5 rings (SSSR count). The average Bonchev–Trinajstić information content (AvgIpc) is 3.58. The van der Waals surface area contributed by atoms with Gasteiger partial charge in [0.2, 0.25) is 17.7 Å². The Bertz CT molecular complexity index is 1470. The molecule has 41 heavy (non-hydrogen) atoms. The number of nitrogens with one attached hydrogen (secondary N) is 3. The van der Waals surface area contributed by atoms with Crippen LogP contribution in [-0.4, -0.2) is 84.8 Å². The topological polar surface area (TPSA) is 124 Å². The molecule has 2 saturated heterocycles. The third-order valence-electron chi connectivity index (χ3n) is 8.02. The van der Waals surface area contributed by atoms with Crippen LogP contribution in [0.15, 0.2) is 48.7 Å². The third-order valence-corrected chi connectivity index (χ3v) is 8.26. The number of aromatic amines is 1. The van der Waals surface area contributed by atoms with Crippen molar-refractivity contribution in [2.24, 2.45) is 17.8 Å². The first kappa shape index (κ1) is 28.5. The number of rotatable bonds is 8. The van der Waals surface area contributed by atoms with E-state index in [1.54, 1.807) is 34.1 Å². The molecule has 216 valence electrons. The second kappa shape index (κ2) is 12.2. The van der Waals surface area contributed by atoms with Crippen LogP contribution < -0.4 is 15.4 Å². The molecule has 4 amide bonds. The summed E-state index contributed by atoms with van der Waals surface area (Å²) in [4.78, 5) is 58.9. The van der Waals surface area contributed by atoms with Crippen LogP contribution in [0.25, 0.3) is 10.9 Å². The number of benzene rings is 2. The molecule has 0 aliphatic carbocycles. The highest BCUT2D eigenvalue weighted by Gasteiger charge is 2.47. The molecule has 2 aromatic carbocycles. The van der Waals surface area contributed by atoms with Crippen molar-refractivity contribution in [2.45, 2.75) is 13.3 Å². The molecular formula is C30H34ClN5O5. The van der Waals surface area contributed by atoms with Crippen molar-refractivity contribution in [3.8, 4) is 5.75 Å². The number of likely N-dealkylation sites (tertiary alicyclic amines) is 2. The first-order valence-corrected chi connectivity index (χ1v) is 14.2. The van der Waals surface area contributed by atoms with Gasteiger partial charge < -0.3 is 30.2 Å². The minimum Gasteiger partial charge on any atom is -0.494 e. The fourth-order valence-electron chi connectivity index (χ4n) is 5.96. The third kappa shape index (κ3) is 6.17. The van der Waals surface area contributed by atoms with Crippen LogP contribution >= 0.6 is 11.6 Å². The molecule has 0 saturated carbocycles. The molecule has 0 spiro atoms. The van der Waals surface area contributed by atoms with Crippen LogP contribution in [0.3, 0.4) is 0 Å². The van der Waals surface area contributed by atoms with Crippen molar-refractivity contribution >= 4 is 46.1 Å². The summed E-state index contributed by atoms with van der Waals surface area (Å²) in [6, 6.07) is 12.6. The molecule has 3 N–H and O–H groups in total. The Balaban J connectivity index is 1.35. The number of nitrogens with zero attached hydrogens (tertiary/aromatic N) is 2. The Morgan fingerprint density at radius 2 is 1.85 bits per heavy atom.